The number of aryl methyl sites for hydroxylation is 3. The van der Waals surface area contributed by atoms with Crippen LogP contribution in [0.5, 0.6) is 0 Å². The molecule has 0 aliphatic rings. The van der Waals surface area contributed by atoms with E-state index < -0.39 is 10.0 Å². The predicted molar refractivity (Wildman–Crippen MR) is 109 cm³/mol. The Morgan fingerprint density at radius 1 is 1.00 bits per heavy atom. The number of hydrogen-bond acceptors (Lipinski definition) is 4. The van der Waals surface area contributed by atoms with Crippen molar-refractivity contribution >= 4 is 10.0 Å². The van der Waals surface area contributed by atoms with Crippen molar-refractivity contribution in [1.82, 2.24) is 19.1 Å². The van der Waals surface area contributed by atoms with Crippen molar-refractivity contribution in [3.63, 3.8) is 0 Å². The fourth-order valence-corrected chi connectivity index (χ4v) is 5.08. The maximum atomic E-state index is 13.6. The summed E-state index contributed by atoms with van der Waals surface area (Å²) in [4.78, 5) is 4.41. The molecule has 0 radical (unpaired) electrons. The van der Waals surface area contributed by atoms with Crippen molar-refractivity contribution in [2.45, 2.75) is 45.2 Å². The van der Waals surface area contributed by atoms with Gasteiger partial charge >= 0.3 is 0 Å². The van der Waals surface area contributed by atoms with Gasteiger partial charge in [-0.05, 0) is 43.0 Å². The normalized spacial score (nSPS) is 11.9. The molecule has 0 amide bonds. The van der Waals surface area contributed by atoms with E-state index in [0.29, 0.717) is 11.4 Å². The number of hydrogen-bond donors (Lipinski definition) is 0. The topological polar surface area (TPSA) is 68.1 Å². The van der Waals surface area contributed by atoms with Crippen LogP contribution >= 0.6 is 0 Å². The van der Waals surface area contributed by atoms with E-state index in [1.165, 1.54) is 9.87 Å². The number of rotatable bonds is 7. The van der Waals surface area contributed by atoms with Crippen LogP contribution in [0.15, 0.2) is 53.7 Å². The van der Waals surface area contributed by atoms with Gasteiger partial charge in [0.25, 0.3) is 0 Å². The number of sulfonamides is 1. The Hall–Kier alpha value is -2.51. The lowest BCUT2D eigenvalue weighted by Crippen LogP contribution is -2.31. The minimum Gasteiger partial charge on any atom is -0.271 e. The molecule has 0 saturated carbocycles. The van der Waals surface area contributed by atoms with Gasteiger partial charge in [-0.2, -0.15) is 9.40 Å². The third-order valence-corrected chi connectivity index (χ3v) is 6.96. The summed E-state index contributed by atoms with van der Waals surface area (Å²) < 4.78 is 30.3. The highest BCUT2D eigenvalue weighted by Crippen LogP contribution is 2.26. The van der Waals surface area contributed by atoms with E-state index >= 15 is 0 Å². The third-order valence-electron chi connectivity index (χ3n) is 4.91. The summed E-state index contributed by atoms with van der Waals surface area (Å²) in [5.41, 5.74) is 4.16. The second kappa shape index (κ2) is 8.24. The molecule has 3 aromatic rings. The molecule has 0 aliphatic carbocycles. The van der Waals surface area contributed by atoms with E-state index in [2.05, 4.69) is 17.0 Å². The molecule has 2 heterocycles. The first-order valence-electron chi connectivity index (χ1n) is 9.30. The zero-order valence-corrected chi connectivity index (χ0v) is 17.6. The van der Waals surface area contributed by atoms with E-state index in [4.69, 9.17) is 0 Å². The summed E-state index contributed by atoms with van der Waals surface area (Å²) in [6, 6.07) is 11.8. The van der Waals surface area contributed by atoms with Crippen molar-refractivity contribution in [3.05, 3.63) is 76.9 Å². The molecule has 1 aromatic carbocycles. The lowest BCUT2D eigenvalue weighted by Gasteiger charge is -2.23. The Morgan fingerprint density at radius 3 is 2.18 bits per heavy atom. The highest BCUT2D eigenvalue weighted by atomic mass is 32.2. The fraction of sp³-hybridized carbons (Fsp3) is 0.333. The van der Waals surface area contributed by atoms with E-state index in [-0.39, 0.29) is 18.0 Å². The van der Waals surface area contributed by atoms with Crippen molar-refractivity contribution in [2.75, 3.05) is 0 Å². The van der Waals surface area contributed by atoms with Crippen LogP contribution in [-0.4, -0.2) is 27.5 Å². The second-order valence-electron chi connectivity index (χ2n) is 6.93. The first-order chi connectivity index (χ1) is 13.3. The summed E-state index contributed by atoms with van der Waals surface area (Å²) in [5, 5.41) is 4.29. The predicted octanol–water partition coefficient (Wildman–Crippen LogP) is 3.39. The van der Waals surface area contributed by atoms with Crippen molar-refractivity contribution < 1.29 is 8.42 Å². The largest absolute Gasteiger partial charge is 0.271 e. The Kier molecular flexibility index (Phi) is 5.96. The number of aromatic nitrogens is 3. The molecule has 28 heavy (non-hydrogen) atoms. The molecular formula is C21H26N4O2S. The molecule has 0 aliphatic heterocycles. The Balaban J connectivity index is 2.01. The van der Waals surface area contributed by atoms with E-state index in [1.807, 2.05) is 36.4 Å². The van der Waals surface area contributed by atoms with Crippen LogP contribution in [-0.2, 0) is 36.6 Å². The fourth-order valence-electron chi connectivity index (χ4n) is 3.26. The lowest BCUT2D eigenvalue weighted by molar-refractivity contribution is 0.400. The van der Waals surface area contributed by atoms with Crippen LogP contribution in [0.2, 0.25) is 0 Å². The SMILES string of the molecule is CCc1ccc(CN(Cc2cccnc2)S(=O)(=O)c2c(C)nn(C)c2C)cc1. The van der Waals surface area contributed by atoms with Crippen LogP contribution < -0.4 is 0 Å². The monoisotopic (exact) mass is 398 g/mol. The third kappa shape index (κ3) is 4.15. The second-order valence-corrected chi connectivity index (χ2v) is 8.80. The van der Waals surface area contributed by atoms with Gasteiger partial charge in [0.05, 0.1) is 11.4 Å². The summed E-state index contributed by atoms with van der Waals surface area (Å²) in [5.74, 6) is 0. The molecule has 0 atom stereocenters. The molecule has 148 valence electrons. The number of pyridine rings is 1. The molecule has 0 N–H and O–H groups in total. The van der Waals surface area contributed by atoms with E-state index in [1.54, 1.807) is 38.0 Å². The number of nitrogens with zero attached hydrogens (tertiary/aromatic N) is 4. The van der Waals surface area contributed by atoms with E-state index in [0.717, 1.165) is 17.5 Å². The summed E-state index contributed by atoms with van der Waals surface area (Å²) in [6.45, 7) is 6.15. The van der Waals surface area contributed by atoms with Gasteiger partial charge in [-0.15, -0.1) is 0 Å². The van der Waals surface area contributed by atoms with Crippen molar-refractivity contribution in [2.24, 2.45) is 7.05 Å². The van der Waals surface area contributed by atoms with Crippen molar-refractivity contribution in [1.29, 1.82) is 0 Å². The van der Waals surface area contributed by atoms with Gasteiger partial charge in [0.15, 0.2) is 0 Å². The van der Waals surface area contributed by atoms with Gasteiger partial charge in [-0.25, -0.2) is 8.42 Å². The van der Waals surface area contributed by atoms with Gasteiger partial charge in [-0.1, -0.05) is 37.3 Å². The molecule has 6 nitrogen and oxygen atoms in total. The molecule has 0 fully saturated rings. The average Bonchev–Trinajstić information content (AvgIpc) is 2.95. The van der Waals surface area contributed by atoms with Crippen molar-refractivity contribution in [3.8, 4) is 0 Å². The van der Waals surface area contributed by atoms with Gasteiger partial charge in [0.2, 0.25) is 10.0 Å². The number of benzene rings is 1. The average molecular weight is 399 g/mol. The molecule has 0 unspecified atom stereocenters. The first kappa shape index (κ1) is 20.2. The van der Waals surface area contributed by atoms with Crippen LogP contribution in [0.3, 0.4) is 0 Å². The smallest absolute Gasteiger partial charge is 0.247 e. The lowest BCUT2D eigenvalue weighted by atomic mass is 10.1. The van der Waals surface area contributed by atoms with Gasteiger partial charge < -0.3 is 0 Å². The molecule has 0 spiro atoms. The van der Waals surface area contributed by atoms with Crippen LogP contribution in [0.4, 0.5) is 0 Å². The molecular weight excluding hydrogens is 372 g/mol. The zero-order valence-electron chi connectivity index (χ0n) is 16.8. The molecule has 0 bridgehead atoms. The molecule has 7 heteroatoms. The minimum absolute atomic E-state index is 0.249. The molecule has 2 aromatic heterocycles. The summed E-state index contributed by atoms with van der Waals surface area (Å²) in [7, 11) is -1.97. The zero-order chi connectivity index (χ0) is 20.3. The maximum absolute atomic E-state index is 13.6. The quantitative estimate of drug-likeness (QED) is 0.612. The molecule has 3 rings (SSSR count). The Bertz CT molecular complexity index is 1040. The first-order valence-corrected chi connectivity index (χ1v) is 10.7. The van der Waals surface area contributed by atoms with Gasteiger partial charge in [-0.3, -0.25) is 9.67 Å². The summed E-state index contributed by atoms with van der Waals surface area (Å²) in [6.07, 6.45) is 4.33. The van der Waals surface area contributed by atoms with E-state index in [9.17, 15) is 8.42 Å². The maximum Gasteiger partial charge on any atom is 0.247 e. The highest BCUT2D eigenvalue weighted by molar-refractivity contribution is 7.89. The summed E-state index contributed by atoms with van der Waals surface area (Å²) >= 11 is 0. The standard InChI is InChI=1S/C21H26N4O2S/c1-5-18-8-10-19(11-9-18)14-25(15-20-7-6-12-22-13-20)28(26,27)21-16(2)23-24(4)17(21)3/h6-13H,5,14-15H2,1-4H3. The highest BCUT2D eigenvalue weighted by Gasteiger charge is 2.30. The van der Waals surface area contributed by atoms with Gasteiger partial charge in [0.1, 0.15) is 4.90 Å². The van der Waals surface area contributed by atoms with Gasteiger partial charge in [0, 0.05) is 32.5 Å². The molecule has 0 saturated heterocycles. The Labute approximate surface area is 166 Å². The minimum atomic E-state index is -3.73. The van der Waals surface area contributed by atoms with Crippen LogP contribution in [0.1, 0.15) is 35.0 Å². The van der Waals surface area contributed by atoms with Crippen LogP contribution in [0.25, 0.3) is 0 Å². The van der Waals surface area contributed by atoms with Crippen LogP contribution in [0, 0.1) is 13.8 Å². The Morgan fingerprint density at radius 2 is 1.64 bits per heavy atom.